The molecule has 1 N–H and O–H groups in total. The summed E-state index contributed by atoms with van der Waals surface area (Å²) in [6.07, 6.45) is -4.49. The van der Waals surface area contributed by atoms with Crippen LogP contribution in [-0.2, 0) is 17.5 Å². The highest BCUT2D eigenvalue weighted by atomic mass is 35.5. The Morgan fingerprint density at radius 2 is 1.74 bits per heavy atom. The lowest BCUT2D eigenvalue weighted by Crippen LogP contribution is -2.35. The number of alkyl halides is 4. The van der Waals surface area contributed by atoms with Gasteiger partial charge in [0.1, 0.15) is 5.75 Å². The number of ether oxygens (including phenoxy) is 1. The van der Waals surface area contributed by atoms with Gasteiger partial charge in [0.05, 0.1) is 5.56 Å². The lowest BCUT2D eigenvalue weighted by Gasteiger charge is -2.19. The van der Waals surface area contributed by atoms with Crippen LogP contribution in [0.2, 0.25) is 5.02 Å². The number of benzene rings is 3. The van der Waals surface area contributed by atoms with Crippen LogP contribution in [0.3, 0.4) is 0 Å². The number of aromatic nitrogens is 1. The molecule has 0 radical (unpaired) electrons. The predicted molar refractivity (Wildman–Crippen MR) is 130 cm³/mol. The van der Waals surface area contributed by atoms with Gasteiger partial charge in [0.2, 0.25) is 0 Å². The van der Waals surface area contributed by atoms with E-state index >= 15 is 0 Å². The Kier molecular flexibility index (Phi) is 6.51. The predicted octanol–water partition coefficient (Wildman–Crippen LogP) is 7.76. The van der Waals surface area contributed by atoms with E-state index in [0.717, 1.165) is 29.0 Å². The monoisotopic (exact) mass is 521 g/mol. The van der Waals surface area contributed by atoms with Crippen molar-refractivity contribution in [2.45, 2.75) is 31.6 Å². The van der Waals surface area contributed by atoms with Crippen LogP contribution in [0.15, 0.2) is 66.7 Å². The second-order valence-electron chi connectivity index (χ2n) is 8.25. The average Bonchev–Trinajstić information content (AvgIpc) is 3.04. The van der Waals surface area contributed by atoms with Crippen molar-refractivity contribution in [3.63, 3.8) is 0 Å². The first-order valence-corrected chi connectivity index (χ1v) is 11.3. The van der Waals surface area contributed by atoms with Crippen LogP contribution in [-0.4, -0.2) is 20.7 Å². The van der Waals surface area contributed by atoms with Gasteiger partial charge in [0, 0.05) is 40.7 Å². The maximum Gasteiger partial charge on any atom is 0.416 e. The minimum Gasteiger partial charge on any atom is -0.477 e. The maximum atomic E-state index is 13.5. The lowest BCUT2D eigenvalue weighted by molar-refractivity contribution is -0.147. The number of nitrogens with zero attached hydrogens (tertiary/aromatic N) is 1. The molecule has 1 unspecified atom stereocenters. The summed E-state index contributed by atoms with van der Waals surface area (Å²) in [6.45, 7) is 3.28. The molecule has 4 aromatic rings. The molecule has 3 aromatic carbocycles. The van der Waals surface area contributed by atoms with E-state index < -0.39 is 22.8 Å². The van der Waals surface area contributed by atoms with Gasteiger partial charge in [-0.3, -0.25) is 0 Å². The third-order valence-corrected chi connectivity index (χ3v) is 6.21. The molecule has 1 aromatic heterocycles. The van der Waals surface area contributed by atoms with Gasteiger partial charge in [-0.05, 0) is 54.4 Å². The van der Waals surface area contributed by atoms with Gasteiger partial charge in [0.25, 0.3) is 5.06 Å². The van der Waals surface area contributed by atoms with Crippen LogP contribution < -0.4 is 4.74 Å². The fourth-order valence-electron chi connectivity index (χ4n) is 3.99. The van der Waals surface area contributed by atoms with Crippen LogP contribution in [0.25, 0.3) is 22.0 Å². The minimum absolute atomic E-state index is 0.223. The highest BCUT2D eigenvalue weighted by molar-refractivity contribution is 6.32. The first-order valence-electron chi connectivity index (χ1n) is 10.5. The Morgan fingerprint density at radius 3 is 2.37 bits per heavy atom. The summed E-state index contributed by atoms with van der Waals surface area (Å²) in [5, 5.41) is 8.49. The van der Waals surface area contributed by atoms with E-state index in [4.69, 9.17) is 27.9 Å². The maximum absolute atomic E-state index is 13.5. The highest BCUT2D eigenvalue weighted by Crippen LogP contribution is 2.39. The van der Waals surface area contributed by atoms with Crippen molar-refractivity contribution in [1.82, 2.24) is 4.57 Å². The number of carboxylic acid groups (broad SMARTS) is 1. The highest BCUT2D eigenvalue weighted by Gasteiger charge is 2.33. The zero-order chi connectivity index (χ0) is 25.5. The number of halogens is 5. The van der Waals surface area contributed by atoms with E-state index in [1.54, 1.807) is 41.0 Å². The molecule has 4 nitrogen and oxygen atoms in total. The number of aliphatic carboxylic acids is 1. The molecule has 182 valence electrons. The van der Waals surface area contributed by atoms with Crippen LogP contribution in [0.5, 0.6) is 5.75 Å². The molecule has 1 atom stereocenters. The van der Waals surface area contributed by atoms with Crippen molar-refractivity contribution in [1.29, 1.82) is 0 Å². The number of hydrogen-bond acceptors (Lipinski definition) is 2. The molecule has 0 amide bonds. The number of carboxylic acids is 1. The van der Waals surface area contributed by atoms with Crippen molar-refractivity contribution in [2.75, 3.05) is 0 Å². The van der Waals surface area contributed by atoms with Crippen molar-refractivity contribution < 1.29 is 27.8 Å². The normalized spacial score (nSPS) is 13.6. The SMILES string of the molecule is Cc1c(-c2ccc(Cl)cc2)c2ccc(C(F)(F)F)cc2n1Cc1cccc(OC(C)(Cl)C(=O)O)c1. The second-order valence-corrected chi connectivity index (χ2v) is 9.41. The fourth-order valence-corrected chi connectivity index (χ4v) is 4.21. The summed E-state index contributed by atoms with van der Waals surface area (Å²) in [7, 11) is 0. The largest absolute Gasteiger partial charge is 0.477 e. The number of fused-ring (bicyclic) bond motifs is 1. The first-order chi connectivity index (χ1) is 16.4. The van der Waals surface area contributed by atoms with E-state index in [2.05, 4.69) is 0 Å². The third-order valence-electron chi connectivity index (χ3n) is 5.72. The van der Waals surface area contributed by atoms with Crippen molar-refractivity contribution >= 4 is 40.1 Å². The van der Waals surface area contributed by atoms with Gasteiger partial charge < -0.3 is 14.4 Å². The molecule has 9 heteroatoms. The molecule has 1 heterocycles. The summed E-state index contributed by atoms with van der Waals surface area (Å²) in [4.78, 5) is 11.3. The molecular weight excluding hydrogens is 502 g/mol. The van der Waals surface area contributed by atoms with Gasteiger partial charge in [-0.1, -0.05) is 53.5 Å². The van der Waals surface area contributed by atoms with Crippen molar-refractivity contribution in [2.24, 2.45) is 0 Å². The average molecular weight is 522 g/mol. The summed E-state index contributed by atoms with van der Waals surface area (Å²) < 4.78 is 47.8. The van der Waals surface area contributed by atoms with Crippen LogP contribution in [0.4, 0.5) is 13.2 Å². The molecule has 0 saturated carbocycles. The fraction of sp³-hybridized carbons (Fsp3) is 0.192. The molecule has 0 fully saturated rings. The Morgan fingerprint density at radius 1 is 1.06 bits per heavy atom. The zero-order valence-corrected chi connectivity index (χ0v) is 20.2. The number of hydrogen-bond donors (Lipinski definition) is 1. The number of carbonyl (C=O) groups is 1. The van der Waals surface area contributed by atoms with E-state index in [1.165, 1.54) is 13.0 Å². The van der Waals surface area contributed by atoms with Gasteiger partial charge in [0.15, 0.2) is 0 Å². The molecule has 0 aliphatic carbocycles. The van der Waals surface area contributed by atoms with E-state index in [1.807, 2.05) is 19.1 Å². The van der Waals surface area contributed by atoms with Crippen LogP contribution >= 0.6 is 23.2 Å². The Bertz CT molecular complexity index is 1410. The molecule has 0 spiro atoms. The molecule has 0 aliphatic rings. The Hall–Kier alpha value is -3.16. The van der Waals surface area contributed by atoms with Crippen molar-refractivity contribution in [3.8, 4) is 16.9 Å². The van der Waals surface area contributed by atoms with Crippen LogP contribution in [0, 0.1) is 6.92 Å². The third kappa shape index (κ3) is 5.11. The van der Waals surface area contributed by atoms with Gasteiger partial charge >= 0.3 is 12.1 Å². The Labute approximate surface area is 209 Å². The van der Waals surface area contributed by atoms with Gasteiger partial charge in [-0.15, -0.1) is 0 Å². The summed E-state index contributed by atoms with van der Waals surface area (Å²) in [5.41, 5.74) is 2.76. The molecule has 0 bridgehead atoms. The molecule has 35 heavy (non-hydrogen) atoms. The zero-order valence-electron chi connectivity index (χ0n) is 18.7. The topological polar surface area (TPSA) is 51.5 Å². The van der Waals surface area contributed by atoms with E-state index in [0.29, 0.717) is 21.5 Å². The second kappa shape index (κ2) is 9.13. The quantitative estimate of drug-likeness (QED) is 0.264. The summed E-state index contributed by atoms with van der Waals surface area (Å²) in [5.74, 6) is -1.12. The van der Waals surface area contributed by atoms with Crippen molar-refractivity contribution in [3.05, 3.63) is 88.6 Å². The van der Waals surface area contributed by atoms with Gasteiger partial charge in [-0.2, -0.15) is 13.2 Å². The lowest BCUT2D eigenvalue weighted by atomic mass is 10.0. The first kappa shape index (κ1) is 24.9. The number of rotatable bonds is 6. The minimum atomic E-state index is -4.49. The van der Waals surface area contributed by atoms with Gasteiger partial charge in [-0.25, -0.2) is 4.79 Å². The molecule has 0 aliphatic heterocycles. The summed E-state index contributed by atoms with van der Waals surface area (Å²) >= 11 is 12.0. The van der Waals surface area contributed by atoms with E-state index in [9.17, 15) is 23.1 Å². The standard InChI is InChI=1S/C26H20Cl2F3NO3/c1-15-23(17-6-9-19(27)10-7-17)21-11-8-18(26(29,30)31)13-22(21)32(15)14-16-4-3-5-20(12-16)35-25(2,28)24(33)34/h3-13H,14H2,1-2H3,(H,33,34). The van der Waals surface area contributed by atoms with E-state index in [-0.39, 0.29) is 12.3 Å². The molecule has 0 saturated heterocycles. The smallest absolute Gasteiger partial charge is 0.416 e. The van der Waals surface area contributed by atoms with Crippen LogP contribution in [0.1, 0.15) is 23.7 Å². The molecular formula is C26H20Cl2F3NO3. The summed E-state index contributed by atoms with van der Waals surface area (Å²) in [6, 6.07) is 17.4. The molecule has 4 rings (SSSR count). The Balaban J connectivity index is 1.84.